The van der Waals surface area contributed by atoms with Crippen molar-refractivity contribution in [2.75, 3.05) is 0 Å². The molecule has 0 bridgehead atoms. The molecule has 2 atom stereocenters. The number of fused-ring (bicyclic) bond motifs is 1. The molecule has 21 heavy (non-hydrogen) atoms. The Morgan fingerprint density at radius 1 is 1.38 bits per heavy atom. The molecule has 0 amide bonds. The number of aryl methyl sites for hydroxylation is 1. The number of nitriles is 1. The Labute approximate surface area is 143 Å². The van der Waals surface area contributed by atoms with Crippen molar-refractivity contribution in [3.05, 3.63) is 54.8 Å². The van der Waals surface area contributed by atoms with E-state index in [1.165, 1.54) is 33.3 Å². The standard InChI is InChI=1S/C17H17IN2S/c1-11(13-7-5-12(10-19)6-8-13)20-15-3-2-4-16-14(15)9-17(18)21-16/h5-9,11,15,20H,2-4H2,1H3. The van der Waals surface area contributed by atoms with Crippen LogP contribution in [0.4, 0.5) is 0 Å². The molecule has 2 nitrogen and oxygen atoms in total. The molecule has 1 N–H and O–H groups in total. The van der Waals surface area contributed by atoms with E-state index >= 15 is 0 Å². The smallest absolute Gasteiger partial charge is 0.0991 e. The van der Waals surface area contributed by atoms with Gasteiger partial charge in [0.15, 0.2) is 0 Å². The Morgan fingerprint density at radius 3 is 2.86 bits per heavy atom. The van der Waals surface area contributed by atoms with E-state index in [2.05, 4.69) is 59.1 Å². The summed E-state index contributed by atoms with van der Waals surface area (Å²) in [5, 5.41) is 12.6. The largest absolute Gasteiger partial charge is 0.303 e. The van der Waals surface area contributed by atoms with Gasteiger partial charge in [0.2, 0.25) is 0 Å². The second-order valence-corrected chi connectivity index (χ2v) is 8.53. The van der Waals surface area contributed by atoms with Crippen LogP contribution in [0.3, 0.4) is 0 Å². The average molecular weight is 408 g/mol. The predicted octanol–water partition coefficient (Wildman–Crippen LogP) is 4.95. The van der Waals surface area contributed by atoms with Crippen molar-refractivity contribution in [2.45, 2.75) is 38.3 Å². The molecule has 0 fully saturated rings. The molecule has 0 saturated carbocycles. The summed E-state index contributed by atoms with van der Waals surface area (Å²) < 4.78 is 1.39. The maximum absolute atomic E-state index is 8.87. The summed E-state index contributed by atoms with van der Waals surface area (Å²) in [5.74, 6) is 0. The molecule has 1 aliphatic carbocycles. The minimum absolute atomic E-state index is 0.297. The predicted molar refractivity (Wildman–Crippen MR) is 95.4 cm³/mol. The van der Waals surface area contributed by atoms with Crippen molar-refractivity contribution in [1.82, 2.24) is 5.32 Å². The Morgan fingerprint density at radius 2 is 2.14 bits per heavy atom. The van der Waals surface area contributed by atoms with Gasteiger partial charge < -0.3 is 5.32 Å². The van der Waals surface area contributed by atoms with Gasteiger partial charge in [0, 0.05) is 17.0 Å². The van der Waals surface area contributed by atoms with Crippen LogP contribution in [0.15, 0.2) is 30.3 Å². The van der Waals surface area contributed by atoms with E-state index in [0.29, 0.717) is 12.1 Å². The number of rotatable bonds is 3. The lowest BCUT2D eigenvalue weighted by Crippen LogP contribution is -2.27. The fourth-order valence-electron chi connectivity index (χ4n) is 2.94. The number of nitrogens with one attached hydrogen (secondary N) is 1. The zero-order valence-corrected chi connectivity index (χ0v) is 14.9. The molecule has 1 aromatic carbocycles. The summed E-state index contributed by atoms with van der Waals surface area (Å²) in [5.41, 5.74) is 3.46. The highest BCUT2D eigenvalue weighted by Gasteiger charge is 2.24. The number of hydrogen-bond donors (Lipinski definition) is 1. The maximum atomic E-state index is 8.87. The highest BCUT2D eigenvalue weighted by Crippen LogP contribution is 2.37. The fraction of sp³-hybridized carbons (Fsp3) is 0.353. The van der Waals surface area contributed by atoms with E-state index in [0.717, 1.165) is 5.56 Å². The van der Waals surface area contributed by atoms with Crippen LogP contribution >= 0.6 is 33.9 Å². The van der Waals surface area contributed by atoms with Crippen molar-refractivity contribution < 1.29 is 0 Å². The van der Waals surface area contributed by atoms with Gasteiger partial charge in [0.05, 0.1) is 14.5 Å². The van der Waals surface area contributed by atoms with Crippen LogP contribution in [0, 0.1) is 14.2 Å². The zero-order chi connectivity index (χ0) is 14.8. The van der Waals surface area contributed by atoms with Crippen molar-refractivity contribution in [1.29, 1.82) is 5.26 Å². The number of thiophene rings is 1. The minimum atomic E-state index is 0.297. The molecule has 0 spiro atoms. The molecule has 0 saturated heterocycles. The number of halogens is 1. The Kier molecular flexibility index (Phi) is 4.63. The topological polar surface area (TPSA) is 35.8 Å². The van der Waals surface area contributed by atoms with Gasteiger partial charge in [-0.05, 0) is 78.1 Å². The summed E-state index contributed by atoms with van der Waals surface area (Å²) in [7, 11) is 0. The molecule has 0 aliphatic heterocycles. The molecular formula is C17H17IN2S. The summed E-state index contributed by atoms with van der Waals surface area (Å²) >= 11 is 4.36. The molecule has 1 aromatic heterocycles. The first-order valence-corrected chi connectivity index (χ1v) is 9.11. The van der Waals surface area contributed by atoms with E-state index in [1.54, 1.807) is 4.88 Å². The van der Waals surface area contributed by atoms with Crippen LogP contribution in [0.1, 0.15) is 53.4 Å². The average Bonchev–Trinajstić information content (AvgIpc) is 2.88. The van der Waals surface area contributed by atoms with E-state index in [-0.39, 0.29) is 0 Å². The van der Waals surface area contributed by atoms with Crippen molar-refractivity contribution in [3.63, 3.8) is 0 Å². The normalized spacial score (nSPS) is 18.8. The first-order valence-electron chi connectivity index (χ1n) is 7.21. The lowest BCUT2D eigenvalue weighted by Gasteiger charge is -2.27. The van der Waals surface area contributed by atoms with Crippen LogP contribution in [0.2, 0.25) is 0 Å². The van der Waals surface area contributed by atoms with Gasteiger partial charge in [0.1, 0.15) is 0 Å². The van der Waals surface area contributed by atoms with Gasteiger partial charge in [-0.1, -0.05) is 12.1 Å². The van der Waals surface area contributed by atoms with Gasteiger partial charge in [-0.25, -0.2) is 0 Å². The third-order valence-electron chi connectivity index (χ3n) is 4.07. The van der Waals surface area contributed by atoms with Gasteiger partial charge >= 0.3 is 0 Å². The number of hydrogen-bond acceptors (Lipinski definition) is 3. The molecule has 3 rings (SSSR count). The molecule has 4 heteroatoms. The first-order chi connectivity index (χ1) is 10.2. The second-order valence-electron chi connectivity index (χ2n) is 5.50. The van der Waals surface area contributed by atoms with Gasteiger partial charge in [0.25, 0.3) is 0 Å². The van der Waals surface area contributed by atoms with Crippen LogP contribution in [0.5, 0.6) is 0 Å². The first kappa shape index (κ1) is 15.0. The lowest BCUT2D eigenvalue weighted by atomic mass is 9.93. The van der Waals surface area contributed by atoms with Crippen LogP contribution in [-0.4, -0.2) is 0 Å². The molecule has 1 heterocycles. The summed E-state index contributed by atoms with van der Waals surface area (Å²) in [6, 6.07) is 13.2. The van der Waals surface area contributed by atoms with Crippen molar-refractivity contribution >= 4 is 33.9 Å². The second kappa shape index (κ2) is 6.47. The summed E-state index contributed by atoms with van der Waals surface area (Å²) in [6.45, 7) is 2.20. The lowest BCUT2D eigenvalue weighted by molar-refractivity contribution is 0.418. The third-order valence-corrected chi connectivity index (χ3v) is 6.05. The number of benzene rings is 1. The van der Waals surface area contributed by atoms with Crippen molar-refractivity contribution in [3.8, 4) is 6.07 Å². The van der Waals surface area contributed by atoms with Crippen molar-refractivity contribution in [2.24, 2.45) is 0 Å². The highest BCUT2D eigenvalue weighted by atomic mass is 127. The van der Waals surface area contributed by atoms with Crippen LogP contribution < -0.4 is 5.32 Å². The quantitative estimate of drug-likeness (QED) is 0.730. The van der Waals surface area contributed by atoms with Crippen LogP contribution in [0.25, 0.3) is 0 Å². The van der Waals surface area contributed by atoms with E-state index in [9.17, 15) is 0 Å². The van der Waals surface area contributed by atoms with Gasteiger partial charge in [-0.2, -0.15) is 5.26 Å². The Bertz CT molecular complexity index is 669. The monoisotopic (exact) mass is 408 g/mol. The summed E-state index contributed by atoms with van der Waals surface area (Å²) in [6.07, 6.45) is 3.70. The van der Waals surface area contributed by atoms with E-state index in [4.69, 9.17) is 5.26 Å². The molecular weight excluding hydrogens is 391 g/mol. The highest BCUT2D eigenvalue weighted by molar-refractivity contribution is 14.1. The molecule has 108 valence electrons. The minimum Gasteiger partial charge on any atom is -0.303 e. The maximum Gasteiger partial charge on any atom is 0.0991 e. The molecule has 0 radical (unpaired) electrons. The Balaban J connectivity index is 1.75. The molecule has 1 aliphatic rings. The van der Waals surface area contributed by atoms with Gasteiger partial charge in [-0.3, -0.25) is 0 Å². The Hall–Kier alpha value is -0.900. The number of nitrogens with zero attached hydrogens (tertiary/aromatic N) is 1. The van der Waals surface area contributed by atoms with E-state index in [1.807, 2.05) is 23.5 Å². The van der Waals surface area contributed by atoms with Crippen LogP contribution in [-0.2, 0) is 6.42 Å². The fourth-order valence-corrected chi connectivity index (χ4v) is 5.06. The SMILES string of the molecule is CC(NC1CCCc2sc(I)cc21)c1ccc(C#N)cc1. The third kappa shape index (κ3) is 3.31. The zero-order valence-electron chi connectivity index (χ0n) is 11.9. The molecule has 2 aromatic rings. The summed E-state index contributed by atoms with van der Waals surface area (Å²) in [4.78, 5) is 1.55. The van der Waals surface area contributed by atoms with Gasteiger partial charge in [-0.15, -0.1) is 11.3 Å². The molecule has 2 unspecified atom stereocenters. The van der Waals surface area contributed by atoms with E-state index < -0.39 is 0 Å².